The topological polar surface area (TPSA) is 87.7 Å². The Morgan fingerprint density at radius 3 is 2.31 bits per heavy atom. The van der Waals surface area contributed by atoms with Gasteiger partial charge in [-0.1, -0.05) is 30.3 Å². The van der Waals surface area contributed by atoms with Crippen molar-refractivity contribution in [3.63, 3.8) is 0 Å². The number of amides is 2. The van der Waals surface area contributed by atoms with Crippen molar-refractivity contribution in [2.75, 3.05) is 25.6 Å². The molecule has 0 aromatic heterocycles. The fraction of sp³-hybridized carbons (Fsp3) is 0.300. The van der Waals surface area contributed by atoms with Gasteiger partial charge in [-0.05, 0) is 48.6 Å². The van der Waals surface area contributed by atoms with Crippen molar-refractivity contribution >= 4 is 17.5 Å². The van der Waals surface area contributed by atoms with Crippen molar-refractivity contribution in [1.29, 1.82) is 0 Å². The highest BCUT2D eigenvalue weighted by molar-refractivity contribution is 6.39. The van der Waals surface area contributed by atoms with E-state index < -0.39 is 11.8 Å². The molecule has 0 spiro atoms. The van der Waals surface area contributed by atoms with Gasteiger partial charge in [0.15, 0.2) is 0 Å². The molecule has 6 heteroatoms. The van der Waals surface area contributed by atoms with E-state index in [9.17, 15) is 14.7 Å². The lowest BCUT2D eigenvalue weighted by molar-refractivity contribution is -0.136. The number of anilines is 1. The second-order valence-electron chi connectivity index (χ2n) is 5.85. The number of rotatable bonds is 8. The lowest BCUT2D eigenvalue weighted by atomic mass is 9.93. The molecule has 0 bridgehead atoms. The molecular formula is C20H24N2O4. The Morgan fingerprint density at radius 2 is 1.69 bits per heavy atom. The second kappa shape index (κ2) is 10.2. The van der Waals surface area contributed by atoms with Crippen LogP contribution < -0.4 is 15.4 Å². The number of hydrogen-bond donors (Lipinski definition) is 3. The Bertz CT molecular complexity index is 702. The number of ether oxygens (including phenoxy) is 1. The standard InChI is InChI=1S/C20H24N2O4/c1-26-18-9-7-17(8-10-18)22-20(25)19(24)21-13-11-16(12-14-23)15-5-3-2-4-6-15/h2-10,16,23H,11-14H2,1H3,(H,21,24)(H,22,25). The molecule has 2 aromatic carbocycles. The van der Waals surface area contributed by atoms with Gasteiger partial charge in [0.05, 0.1) is 7.11 Å². The SMILES string of the molecule is COc1ccc(NC(=O)C(=O)NCCC(CCO)c2ccccc2)cc1. The van der Waals surface area contributed by atoms with Crippen molar-refractivity contribution in [3.05, 3.63) is 60.2 Å². The number of benzene rings is 2. The number of nitrogens with one attached hydrogen (secondary N) is 2. The number of aliphatic hydroxyl groups is 1. The van der Waals surface area contributed by atoms with E-state index in [0.29, 0.717) is 30.8 Å². The molecule has 0 radical (unpaired) electrons. The first-order valence-corrected chi connectivity index (χ1v) is 8.53. The number of hydrogen-bond acceptors (Lipinski definition) is 4. The van der Waals surface area contributed by atoms with Crippen LogP contribution in [-0.4, -0.2) is 37.2 Å². The van der Waals surface area contributed by atoms with E-state index in [2.05, 4.69) is 10.6 Å². The molecule has 0 aliphatic carbocycles. The van der Waals surface area contributed by atoms with E-state index in [4.69, 9.17) is 4.74 Å². The second-order valence-corrected chi connectivity index (χ2v) is 5.85. The quantitative estimate of drug-likeness (QED) is 0.634. The van der Waals surface area contributed by atoms with Crippen LogP contribution in [-0.2, 0) is 9.59 Å². The van der Waals surface area contributed by atoms with Gasteiger partial charge in [0.1, 0.15) is 5.75 Å². The number of carbonyl (C=O) groups is 2. The molecule has 26 heavy (non-hydrogen) atoms. The molecule has 0 fully saturated rings. The van der Waals surface area contributed by atoms with Gasteiger partial charge in [0.2, 0.25) is 0 Å². The molecule has 2 amide bonds. The third kappa shape index (κ3) is 5.89. The first-order valence-electron chi connectivity index (χ1n) is 8.53. The predicted molar refractivity (Wildman–Crippen MR) is 100 cm³/mol. The average molecular weight is 356 g/mol. The van der Waals surface area contributed by atoms with Crippen molar-refractivity contribution in [2.45, 2.75) is 18.8 Å². The van der Waals surface area contributed by atoms with Gasteiger partial charge >= 0.3 is 11.8 Å². The van der Waals surface area contributed by atoms with Crippen LogP contribution in [0.3, 0.4) is 0 Å². The summed E-state index contributed by atoms with van der Waals surface area (Å²) >= 11 is 0. The molecule has 1 atom stereocenters. The van der Waals surface area contributed by atoms with Crippen LogP contribution in [0.5, 0.6) is 5.75 Å². The van der Waals surface area contributed by atoms with Crippen molar-refractivity contribution in [3.8, 4) is 5.75 Å². The molecule has 138 valence electrons. The molecule has 6 nitrogen and oxygen atoms in total. The van der Waals surface area contributed by atoms with Gasteiger partial charge in [-0.25, -0.2) is 0 Å². The maximum Gasteiger partial charge on any atom is 0.313 e. The fourth-order valence-corrected chi connectivity index (χ4v) is 2.66. The zero-order valence-corrected chi connectivity index (χ0v) is 14.8. The third-order valence-corrected chi connectivity index (χ3v) is 4.08. The van der Waals surface area contributed by atoms with E-state index in [1.165, 1.54) is 0 Å². The summed E-state index contributed by atoms with van der Waals surface area (Å²) < 4.78 is 5.04. The Balaban J connectivity index is 1.81. The van der Waals surface area contributed by atoms with Gasteiger partial charge in [-0.2, -0.15) is 0 Å². The first kappa shape index (κ1) is 19.5. The van der Waals surface area contributed by atoms with Gasteiger partial charge in [0.25, 0.3) is 0 Å². The third-order valence-electron chi connectivity index (χ3n) is 4.08. The van der Waals surface area contributed by atoms with Crippen molar-refractivity contribution in [1.82, 2.24) is 5.32 Å². The van der Waals surface area contributed by atoms with Crippen LogP contribution in [0.25, 0.3) is 0 Å². The maximum atomic E-state index is 11.9. The molecule has 2 rings (SSSR count). The highest BCUT2D eigenvalue weighted by atomic mass is 16.5. The van der Waals surface area contributed by atoms with E-state index >= 15 is 0 Å². The number of aliphatic hydroxyl groups excluding tert-OH is 1. The highest BCUT2D eigenvalue weighted by Gasteiger charge is 2.15. The predicted octanol–water partition coefficient (Wildman–Crippen LogP) is 2.31. The van der Waals surface area contributed by atoms with Crippen LogP contribution in [0.15, 0.2) is 54.6 Å². The Kier molecular flexibility index (Phi) is 7.64. The molecule has 3 N–H and O–H groups in total. The molecule has 0 aliphatic rings. The molecule has 0 heterocycles. The maximum absolute atomic E-state index is 11.9. The summed E-state index contributed by atoms with van der Waals surface area (Å²) in [7, 11) is 1.56. The summed E-state index contributed by atoms with van der Waals surface area (Å²) in [5.41, 5.74) is 1.63. The molecule has 0 aliphatic heterocycles. The molecule has 0 saturated heterocycles. The molecule has 1 unspecified atom stereocenters. The van der Waals surface area contributed by atoms with Crippen molar-refractivity contribution < 1.29 is 19.4 Å². The normalized spacial score (nSPS) is 11.5. The minimum Gasteiger partial charge on any atom is -0.497 e. The van der Waals surface area contributed by atoms with Crippen LogP contribution in [0.1, 0.15) is 24.3 Å². The zero-order valence-electron chi connectivity index (χ0n) is 14.8. The smallest absolute Gasteiger partial charge is 0.313 e. The fourth-order valence-electron chi connectivity index (χ4n) is 2.66. The largest absolute Gasteiger partial charge is 0.497 e. The van der Waals surface area contributed by atoms with Crippen LogP contribution in [0.2, 0.25) is 0 Å². The van der Waals surface area contributed by atoms with Crippen LogP contribution in [0, 0.1) is 0 Å². The zero-order chi connectivity index (χ0) is 18.8. The number of methoxy groups -OCH3 is 1. The molecular weight excluding hydrogens is 332 g/mol. The molecule has 2 aromatic rings. The summed E-state index contributed by atoms with van der Waals surface area (Å²) in [4.78, 5) is 23.9. The summed E-state index contributed by atoms with van der Waals surface area (Å²) in [6, 6.07) is 16.6. The van der Waals surface area contributed by atoms with Gasteiger partial charge in [-0.15, -0.1) is 0 Å². The summed E-state index contributed by atoms with van der Waals surface area (Å²) in [6.07, 6.45) is 1.25. The lowest BCUT2D eigenvalue weighted by Gasteiger charge is -2.16. The van der Waals surface area contributed by atoms with Crippen LogP contribution >= 0.6 is 0 Å². The highest BCUT2D eigenvalue weighted by Crippen LogP contribution is 2.22. The monoisotopic (exact) mass is 356 g/mol. The van der Waals surface area contributed by atoms with E-state index in [0.717, 1.165) is 5.56 Å². The van der Waals surface area contributed by atoms with E-state index in [-0.39, 0.29) is 12.5 Å². The summed E-state index contributed by atoms with van der Waals surface area (Å²) in [5.74, 6) is -0.598. The van der Waals surface area contributed by atoms with Crippen LogP contribution in [0.4, 0.5) is 5.69 Å². The first-order chi connectivity index (χ1) is 12.6. The minimum atomic E-state index is -0.714. The lowest BCUT2D eigenvalue weighted by Crippen LogP contribution is -2.36. The van der Waals surface area contributed by atoms with Gasteiger partial charge in [0, 0.05) is 18.8 Å². The molecule has 0 saturated carbocycles. The minimum absolute atomic E-state index is 0.0749. The Morgan fingerprint density at radius 1 is 1.00 bits per heavy atom. The van der Waals surface area contributed by atoms with Crippen molar-refractivity contribution in [2.24, 2.45) is 0 Å². The van der Waals surface area contributed by atoms with Gasteiger partial charge in [-0.3, -0.25) is 9.59 Å². The van der Waals surface area contributed by atoms with E-state index in [1.807, 2.05) is 30.3 Å². The van der Waals surface area contributed by atoms with Gasteiger partial charge < -0.3 is 20.5 Å². The summed E-state index contributed by atoms with van der Waals surface area (Å²) in [6.45, 7) is 0.430. The Hall–Kier alpha value is -2.86. The summed E-state index contributed by atoms with van der Waals surface area (Å²) in [5, 5.41) is 14.4. The van der Waals surface area contributed by atoms with E-state index in [1.54, 1.807) is 31.4 Å². The number of carbonyl (C=O) groups excluding carboxylic acids is 2. The average Bonchev–Trinajstić information content (AvgIpc) is 2.68. The Labute approximate surface area is 153 Å².